The Morgan fingerprint density at radius 2 is 2.31 bits per heavy atom. The van der Waals surface area contributed by atoms with Gasteiger partial charge in [0.05, 0.1) is 0 Å². The van der Waals surface area contributed by atoms with Crippen molar-refractivity contribution in [3.8, 4) is 0 Å². The van der Waals surface area contributed by atoms with Crippen molar-refractivity contribution in [2.45, 2.75) is 38.3 Å². The maximum Gasteiger partial charge on any atom is 0.0489 e. The van der Waals surface area contributed by atoms with Gasteiger partial charge in [0.15, 0.2) is 0 Å². The van der Waals surface area contributed by atoms with Crippen LogP contribution in [0.25, 0.3) is 0 Å². The molecule has 0 bridgehead atoms. The monoisotopic (exact) mass is 179 g/mol. The molecule has 13 heavy (non-hydrogen) atoms. The average Bonchev–Trinajstić information content (AvgIpc) is 2.81. The Balaban J connectivity index is 1.48. The number of hydrogen-bond donors (Lipinski definition) is 1. The number of unbranched alkanes of at least 4 members (excludes halogenated alkanes) is 1. The van der Waals surface area contributed by atoms with Crippen molar-refractivity contribution in [3.63, 3.8) is 0 Å². The SMILES string of the molecule is c1cnn(CCCCNC2CC2)c1. The van der Waals surface area contributed by atoms with Crippen molar-refractivity contribution in [3.05, 3.63) is 18.5 Å². The molecule has 72 valence electrons. The first-order valence-corrected chi connectivity index (χ1v) is 5.16. The summed E-state index contributed by atoms with van der Waals surface area (Å²) in [6, 6.07) is 2.83. The number of nitrogens with one attached hydrogen (secondary N) is 1. The highest BCUT2D eigenvalue weighted by molar-refractivity contribution is 4.80. The summed E-state index contributed by atoms with van der Waals surface area (Å²) in [6.45, 7) is 2.23. The minimum Gasteiger partial charge on any atom is -0.314 e. The van der Waals surface area contributed by atoms with Gasteiger partial charge in [0.1, 0.15) is 0 Å². The molecule has 0 aromatic carbocycles. The van der Waals surface area contributed by atoms with Gasteiger partial charge in [0.2, 0.25) is 0 Å². The number of aromatic nitrogens is 2. The topological polar surface area (TPSA) is 29.9 Å². The zero-order valence-corrected chi connectivity index (χ0v) is 7.95. The molecule has 1 aromatic heterocycles. The van der Waals surface area contributed by atoms with E-state index in [1.54, 1.807) is 0 Å². The van der Waals surface area contributed by atoms with Gasteiger partial charge < -0.3 is 5.32 Å². The largest absolute Gasteiger partial charge is 0.314 e. The number of hydrogen-bond acceptors (Lipinski definition) is 2. The molecule has 1 fully saturated rings. The van der Waals surface area contributed by atoms with Crippen LogP contribution in [0.4, 0.5) is 0 Å². The second-order valence-electron chi connectivity index (χ2n) is 3.70. The van der Waals surface area contributed by atoms with Crippen LogP contribution in [0.15, 0.2) is 18.5 Å². The standard InChI is InChI=1S/C10H17N3/c1(6-11-10-4-5-10)2-8-13-9-3-7-12-13/h3,7,9-11H,1-2,4-6,8H2. The van der Waals surface area contributed by atoms with Crippen molar-refractivity contribution < 1.29 is 0 Å². The summed E-state index contributed by atoms with van der Waals surface area (Å²) in [6.07, 6.45) is 9.12. The minimum absolute atomic E-state index is 0.852. The lowest BCUT2D eigenvalue weighted by Gasteiger charge is -2.02. The van der Waals surface area contributed by atoms with Gasteiger partial charge in [-0.05, 0) is 38.3 Å². The maximum absolute atomic E-state index is 4.16. The third kappa shape index (κ3) is 3.19. The van der Waals surface area contributed by atoms with Crippen LogP contribution in [0.5, 0.6) is 0 Å². The van der Waals surface area contributed by atoms with Crippen LogP contribution in [0.2, 0.25) is 0 Å². The Hall–Kier alpha value is -0.830. The molecule has 0 amide bonds. The Morgan fingerprint density at radius 3 is 3.00 bits per heavy atom. The Labute approximate surface area is 79.1 Å². The first-order valence-electron chi connectivity index (χ1n) is 5.16. The van der Waals surface area contributed by atoms with Gasteiger partial charge in [-0.15, -0.1) is 0 Å². The second-order valence-corrected chi connectivity index (χ2v) is 3.70. The smallest absolute Gasteiger partial charge is 0.0489 e. The molecule has 1 aliphatic rings. The third-order valence-corrected chi connectivity index (χ3v) is 2.38. The summed E-state index contributed by atoms with van der Waals surface area (Å²) in [5, 5.41) is 7.66. The first kappa shape index (κ1) is 8.75. The number of rotatable bonds is 6. The lowest BCUT2D eigenvalue weighted by atomic mass is 10.3. The van der Waals surface area contributed by atoms with Gasteiger partial charge in [-0.3, -0.25) is 4.68 Å². The Morgan fingerprint density at radius 1 is 1.38 bits per heavy atom. The predicted octanol–water partition coefficient (Wildman–Crippen LogP) is 1.42. The quantitative estimate of drug-likeness (QED) is 0.669. The molecule has 0 atom stereocenters. The van der Waals surface area contributed by atoms with Crippen LogP contribution in [-0.4, -0.2) is 22.4 Å². The number of aryl methyl sites for hydroxylation is 1. The Kier molecular flexibility index (Phi) is 2.98. The second kappa shape index (κ2) is 4.42. The van der Waals surface area contributed by atoms with Gasteiger partial charge in [0.25, 0.3) is 0 Å². The van der Waals surface area contributed by atoms with Crippen LogP contribution in [0.1, 0.15) is 25.7 Å². The predicted molar refractivity (Wildman–Crippen MR) is 52.5 cm³/mol. The molecule has 3 nitrogen and oxygen atoms in total. The molecule has 0 aliphatic heterocycles. The van der Waals surface area contributed by atoms with Crippen molar-refractivity contribution in [1.29, 1.82) is 0 Å². The molecule has 0 radical (unpaired) electrons. The van der Waals surface area contributed by atoms with Gasteiger partial charge in [-0.2, -0.15) is 5.10 Å². The highest BCUT2D eigenvalue weighted by Crippen LogP contribution is 2.18. The highest BCUT2D eigenvalue weighted by Gasteiger charge is 2.19. The molecular formula is C10H17N3. The van der Waals surface area contributed by atoms with E-state index < -0.39 is 0 Å². The lowest BCUT2D eigenvalue weighted by Crippen LogP contribution is -2.17. The Bertz CT molecular complexity index is 226. The van der Waals surface area contributed by atoms with E-state index in [0.717, 1.165) is 12.6 Å². The zero-order valence-electron chi connectivity index (χ0n) is 7.95. The van der Waals surface area contributed by atoms with E-state index in [2.05, 4.69) is 10.4 Å². The molecule has 0 saturated heterocycles. The summed E-state index contributed by atoms with van der Waals surface area (Å²) in [7, 11) is 0. The van der Waals surface area contributed by atoms with Crippen LogP contribution >= 0.6 is 0 Å². The zero-order chi connectivity index (χ0) is 8.93. The molecular weight excluding hydrogens is 162 g/mol. The van der Waals surface area contributed by atoms with Crippen molar-refractivity contribution in [1.82, 2.24) is 15.1 Å². The fourth-order valence-corrected chi connectivity index (χ4v) is 1.43. The highest BCUT2D eigenvalue weighted by atomic mass is 15.3. The molecule has 2 rings (SSSR count). The van der Waals surface area contributed by atoms with E-state index in [1.807, 2.05) is 23.1 Å². The summed E-state index contributed by atoms with van der Waals surface area (Å²) >= 11 is 0. The molecule has 0 unspecified atom stereocenters. The summed E-state index contributed by atoms with van der Waals surface area (Å²) < 4.78 is 2.00. The summed E-state index contributed by atoms with van der Waals surface area (Å²) in [5.41, 5.74) is 0. The molecule has 0 spiro atoms. The van der Waals surface area contributed by atoms with Crippen molar-refractivity contribution in [2.24, 2.45) is 0 Å². The van der Waals surface area contributed by atoms with Crippen LogP contribution in [-0.2, 0) is 6.54 Å². The minimum atomic E-state index is 0.852. The molecule has 1 aliphatic carbocycles. The van der Waals surface area contributed by atoms with Crippen molar-refractivity contribution in [2.75, 3.05) is 6.54 Å². The van der Waals surface area contributed by atoms with Crippen molar-refractivity contribution >= 4 is 0 Å². The lowest BCUT2D eigenvalue weighted by molar-refractivity contribution is 0.534. The summed E-state index contributed by atoms with van der Waals surface area (Å²) in [4.78, 5) is 0. The van der Waals surface area contributed by atoms with E-state index in [-0.39, 0.29) is 0 Å². The normalized spacial score (nSPS) is 16.3. The maximum atomic E-state index is 4.16. The molecule has 1 aromatic rings. The van der Waals surface area contributed by atoms with Gasteiger partial charge in [-0.1, -0.05) is 0 Å². The van der Waals surface area contributed by atoms with Gasteiger partial charge in [0, 0.05) is 25.0 Å². The van der Waals surface area contributed by atoms with E-state index in [1.165, 1.54) is 32.2 Å². The van der Waals surface area contributed by atoms with E-state index >= 15 is 0 Å². The number of nitrogens with zero attached hydrogens (tertiary/aromatic N) is 2. The third-order valence-electron chi connectivity index (χ3n) is 2.38. The molecule has 1 saturated carbocycles. The van der Waals surface area contributed by atoms with Crippen LogP contribution in [0.3, 0.4) is 0 Å². The summed E-state index contributed by atoms with van der Waals surface area (Å²) in [5.74, 6) is 0. The molecule has 3 heteroatoms. The van der Waals surface area contributed by atoms with E-state index in [0.29, 0.717) is 0 Å². The van der Waals surface area contributed by atoms with Crippen LogP contribution in [0, 0.1) is 0 Å². The fourth-order valence-electron chi connectivity index (χ4n) is 1.43. The first-order chi connectivity index (χ1) is 6.45. The van der Waals surface area contributed by atoms with Crippen LogP contribution < -0.4 is 5.32 Å². The fraction of sp³-hybridized carbons (Fsp3) is 0.700. The molecule has 1 N–H and O–H groups in total. The molecule has 1 heterocycles. The van der Waals surface area contributed by atoms with Gasteiger partial charge in [-0.25, -0.2) is 0 Å². The van der Waals surface area contributed by atoms with E-state index in [4.69, 9.17) is 0 Å². The average molecular weight is 179 g/mol. The van der Waals surface area contributed by atoms with Gasteiger partial charge >= 0.3 is 0 Å². The van der Waals surface area contributed by atoms with E-state index in [9.17, 15) is 0 Å².